The van der Waals surface area contributed by atoms with Gasteiger partial charge < -0.3 is 11.1 Å². The van der Waals surface area contributed by atoms with Gasteiger partial charge in [-0.05, 0) is 32.7 Å². The van der Waals surface area contributed by atoms with Gasteiger partial charge in [-0.15, -0.1) is 0 Å². The standard InChI is InChI=1S/C11H17N3O2S/c1-4-11(8-13)17(15,16)9(2)5-6-10(7-12)14-3/h4-6,8,13H,3,7,12H2,1-2H3. The van der Waals surface area contributed by atoms with E-state index in [1.54, 1.807) is 6.92 Å². The van der Waals surface area contributed by atoms with Crippen LogP contribution < -0.4 is 5.73 Å². The number of hydrogen-bond acceptors (Lipinski definition) is 5. The van der Waals surface area contributed by atoms with Crippen molar-refractivity contribution >= 4 is 22.8 Å². The van der Waals surface area contributed by atoms with Gasteiger partial charge in [0.25, 0.3) is 0 Å². The summed E-state index contributed by atoms with van der Waals surface area (Å²) in [6.45, 7) is 6.53. The van der Waals surface area contributed by atoms with Crippen LogP contribution in [0, 0.1) is 5.41 Å². The number of nitrogens with two attached hydrogens (primary N) is 1. The first-order valence-electron chi connectivity index (χ1n) is 4.90. The topological polar surface area (TPSA) is 96.4 Å². The lowest BCUT2D eigenvalue weighted by Gasteiger charge is -2.03. The first-order valence-corrected chi connectivity index (χ1v) is 6.38. The summed E-state index contributed by atoms with van der Waals surface area (Å²) in [5.74, 6) is 0. The van der Waals surface area contributed by atoms with Crippen molar-refractivity contribution < 1.29 is 8.42 Å². The molecule has 0 atom stereocenters. The lowest BCUT2D eigenvalue weighted by atomic mass is 10.4. The maximum Gasteiger partial charge on any atom is 0.203 e. The van der Waals surface area contributed by atoms with Gasteiger partial charge in [0, 0.05) is 17.7 Å². The number of hydrogen-bond donors (Lipinski definition) is 2. The molecule has 6 heteroatoms. The highest BCUT2D eigenvalue weighted by Crippen LogP contribution is 2.15. The number of allylic oxidation sites excluding steroid dienone is 5. The Morgan fingerprint density at radius 1 is 1.47 bits per heavy atom. The third kappa shape index (κ3) is 4.08. The van der Waals surface area contributed by atoms with Gasteiger partial charge in [0.05, 0.1) is 10.6 Å². The van der Waals surface area contributed by atoms with Gasteiger partial charge in [-0.25, -0.2) is 8.42 Å². The molecule has 94 valence electrons. The van der Waals surface area contributed by atoms with E-state index < -0.39 is 9.84 Å². The zero-order valence-corrected chi connectivity index (χ0v) is 10.8. The SMILES string of the molecule is C=NC(=CC=C(C)S(=O)(=O)C(C=N)=CC)CN. The van der Waals surface area contributed by atoms with Gasteiger partial charge in [0.15, 0.2) is 0 Å². The summed E-state index contributed by atoms with van der Waals surface area (Å²) >= 11 is 0. The van der Waals surface area contributed by atoms with E-state index in [-0.39, 0.29) is 16.4 Å². The van der Waals surface area contributed by atoms with Crippen LogP contribution in [-0.2, 0) is 9.84 Å². The predicted octanol–water partition coefficient (Wildman–Crippen LogP) is 1.40. The van der Waals surface area contributed by atoms with Crippen LogP contribution >= 0.6 is 0 Å². The minimum atomic E-state index is -3.58. The molecule has 0 saturated heterocycles. The monoisotopic (exact) mass is 255 g/mol. The molecule has 0 aromatic heterocycles. The van der Waals surface area contributed by atoms with E-state index >= 15 is 0 Å². The van der Waals surface area contributed by atoms with Crippen LogP contribution in [-0.4, -0.2) is 27.9 Å². The molecule has 0 aliphatic carbocycles. The van der Waals surface area contributed by atoms with Crippen molar-refractivity contribution in [1.82, 2.24) is 0 Å². The second kappa shape index (κ2) is 6.93. The number of sulfone groups is 1. The summed E-state index contributed by atoms with van der Waals surface area (Å²) in [4.78, 5) is 3.72. The van der Waals surface area contributed by atoms with Crippen LogP contribution in [0.5, 0.6) is 0 Å². The van der Waals surface area contributed by atoms with E-state index in [0.29, 0.717) is 5.70 Å². The van der Waals surface area contributed by atoms with E-state index in [2.05, 4.69) is 11.7 Å². The van der Waals surface area contributed by atoms with Crippen molar-refractivity contribution in [3.05, 3.63) is 33.7 Å². The Hall–Kier alpha value is -1.53. The third-order valence-electron chi connectivity index (χ3n) is 2.08. The Bertz CT molecular complexity index is 485. The summed E-state index contributed by atoms with van der Waals surface area (Å²) in [5, 5.41) is 7.03. The van der Waals surface area contributed by atoms with Gasteiger partial charge in [-0.1, -0.05) is 6.08 Å². The first-order chi connectivity index (χ1) is 7.93. The van der Waals surface area contributed by atoms with Gasteiger partial charge in [0.2, 0.25) is 9.84 Å². The molecule has 0 radical (unpaired) electrons. The van der Waals surface area contributed by atoms with Gasteiger partial charge in [-0.2, -0.15) is 0 Å². The van der Waals surface area contributed by atoms with E-state index in [1.165, 1.54) is 25.2 Å². The molecule has 0 aromatic rings. The summed E-state index contributed by atoms with van der Waals surface area (Å²) in [6.07, 6.45) is 5.08. The number of nitrogens with zero attached hydrogens (tertiary/aromatic N) is 1. The summed E-state index contributed by atoms with van der Waals surface area (Å²) in [6, 6.07) is 0. The molecule has 0 bridgehead atoms. The van der Waals surface area contributed by atoms with Crippen LogP contribution in [0.25, 0.3) is 0 Å². The van der Waals surface area contributed by atoms with Crippen LogP contribution in [0.2, 0.25) is 0 Å². The minimum Gasteiger partial charge on any atom is -0.325 e. The molecule has 0 spiro atoms. The average molecular weight is 255 g/mol. The fraction of sp³-hybridized carbons (Fsp3) is 0.273. The number of nitrogens with one attached hydrogen (secondary N) is 1. The largest absolute Gasteiger partial charge is 0.325 e. The molecule has 0 heterocycles. The molecule has 0 aromatic carbocycles. The maximum absolute atomic E-state index is 11.9. The lowest BCUT2D eigenvalue weighted by molar-refractivity contribution is 0.609. The first kappa shape index (κ1) is 15.5. The fourth-order valence-corrected chi connectivity index (χ4v) is 2.07. The third-order valence-corrected chi connectivity index (χ3v) is 4.04. The van der Waals surface area contributed by atoms with E-state index in [1.807, 2.05) is 0 Å². The quantitative estimate of drug-likeness (QED) is 0.554. The Kier molecular flexibility index (Phi) is 6.30. The molecule has 0 unspecified atom stereocenters. The summed E-state index contributed by atoms with van der Waals surface area (Å²) in [7, 11) is -3.58. The van der Waals surface area contributed by atoms with Crippen molar-refractivity contribution in [3.63, 3.8) is 0 Å². The summed E-state index contributed by atoms with van der Waals surface area (Å²) in [5.41, 5.74) is 5.86. The Labute approximate surface area is 102 Å². The zero-order valence-electron chi connectivity index (χ0n) is 9.97. The predicted molar refractivity (Wildman–Crippen MR) is 71.9 cm³/mol. The van der Waals surface area contributed by atoms with E-state index in [4.69, 9.17) is 11.1 Å². The van der Waals surface area contributed by atoms with E-state index in [0.717, 1.165) is 6.21 Å². The van der Waals surface area contributed by atoms with E-state index in [9.17, 15) is 8.42 Å². The second-order valence-corrected chi connectivity index (χ2v) is 5.26. The minimum absolute atomic E-state index is 0.0412. The molecule has 0 aliphatic heterocycles. The number of aliphatic imine (C=N–C) groups is 1. The molecule has 0 saturated carbocycles. The number of rotatable bonds is 6. The lowest BCUT2D eigenvalue weighted by Crippen LogP contribution is -2.06. The second-order valence-electron chi connectivity index (χ2n) is 3.14. The molecule has 17 heavy (non-hydrogen) atoms. The van der Waals surface area contributed by atoms with Crippen LogP contribution in [0.4, 0.5) is 0 Å². The maximum atomic E-state index is 11.9. The van der Waals surface area contributed by atoms with Crippen molar-refractivity contribution in [2.45, 2.75) is 13.8 Å². The van der Waals surface area contributed by atoms with Crippen LogP contribution in [0.1, 0.15) is 13.8 Å². The molecule has 0 rings (SSSR count). The Morgan fingerprint density at radius 3 is 2.41 bits per heavy atom. The molecule has 0 fully saturated rings. The normalized spacial score (nSPS) is 14.6. The van der Waals surface area contributed by atoms with Gasteiger partial charge in [-0.3, -0.25) is 4.99 Å². The Balaban J connectivity index is 5.39. The van der Waals surface area contributed by atoms with Crippen molar-refractivity contribution in [2.75, 3.05) is 6.54 Å². The van der Waals surface area contributed by atoms with Crippen molar-refractivity contribution in [2.24, 2.45) is 10.7 Å². The molecular weight excluding hydrogens is 238 g/mol. The average Bonchev–Trinajstić information content (AvgIpc) is 2.31. The van der Waals surface area contributed by atoms with Gasteiger partial charge in [0.1, 0.15) is 0 Å². The molecule has 5 nitrogen and oxygen atoms in total. The highest BCUT2D eigenvalue weighted by molar-refractivity contribution is 7.99. The van der Waals surface area contributed by atoms with Gasteiger partial charge >= 0.3 is 0 Å². The molecule has 3 N–H and O–H groups in total. The molecule has 0 amide bonds. The zero-order chi connectivity index (χ0) is 13.5. The highest BCUT2D eigenvalue weighted by atomic mass is 32.2. The summed E-state index contributed by atoms with van der Waals surface area (Å²) < 4.78 is 23.8. The Morgan fingerprint density at radius 2 is 2.06 bits per heavy atom. The smallest absolute Gasteiger partial charge is 0.203 e. The van der Waals surface area contributed by atoms with Crippen LogP contribution in [0.3, 0.4) is 0 Å². The van der Waals surface area contributed by atoms with Crippen molar-refractivity contribution in [3.8, 4) is 0 Å². The van der Waals surface area contributed by atoms with Crippen LogP contribution in [0.15, 0.2) is 38.7 Å². The van der Waals surface area contributed by atoms with Crippen molar-refractivity contribution in [1.29, 1.82) is 5.41 Å². The molecule has 0 aliphatic rings. The fourth-order valence-electron chi connectivity index (χ4n) is 0.990. The molecular formula is C11H17N3O2S. The highest BCUT2D eigenvalue weighted by Gasteiger charge is 2.16.